The van der Waals surface area contributed by atoms with Crippen molar-refractivity contribution in [3.63, 3.8) is 0 Å². The predicted octanol–water partition coefficient (Wildman–Crippen LogP) is 1.23. The molecule has 0 spiro atoms. The van der Waals surface area contributed by atoms with Crippen molar-refractivity contribution in [2.24, 2.45) is 23.3 Å². The summed E-state index contributed by atoms with van der Waals surface area (Å²) < 4.78 is 0. The lowest BCUT2D eigenvalue weighted by Crippen LogP contribution is -2.54. The van der Waals surface area contributed by atoms with Gasteiger partial charge in [0.15, 0.2) is 0 Å². The Kier molecular flexibility index (Phi) is 7.95. The number of hydrogen-bond donors (Lipinski definition) is 2. The highest BCUT2D eigenvalue weighted by molar-refractivity contribution is 8.93. The lowest BCUT2D eigenvalue weighted by molar-refractivity contribution is 0.0896. The van der Waals surface area contributed by atoms with E-state index in [9.17, 15) is 0 Å². The standard InChI is InChI=1S/2C7H14N2.2BrH/c2*8-7-5-9-3-1-6(7)2-4-9;;/h2*6-7H,1-5,8H2;2*1H. The molecule has 6 heterocycles. The molecule has 120 valence electrons. The van der Waals surface area contributed by atoms with Crippen molar-refractivity contribution in [2.75, 3.05) is 39.3 Å². The Morgan fingerprint density at radius 1 is 0.600 bits per heavy atom. The summed E-state index contributed by atoms with van der Waals surface area (Å²) in [5.74, 6) is 1.71. The highest BCUT2D eigenvalue weighted by Crippen LogP contribution is 2.26. The lowest BCUT2D eigenvalue weighted by atomic mass is 9.85. The van der Waals surface area contributed by atoms with Crippen LogP contribution in [0, 0.1) is 11.8 Å². The van der Waals surface area contributed by atoms with Gasteiger partial charge in [0.1, 0.15) is 0 Å². The first-order valence-corrected chi connectivity index (χ1v) is 7.68. The van der Waals surface area contributed by atoms with E-state index in [1.807, 2.05) is 0 Å². The van der Waals surface area contributed by atoms with Crippen LogP contribution in [0.1, 0.15) is 25.7 Å². The molecule has 6 rings (SSSR count). The minimum atomic E-state index is 0. The highest BCUT2D eigenvalue weighted by atomic mass is 79.9. The van der Waals surface area contributed by atoms with E-state index in [4.69, 9.17) is 11.5 Å². The zero-order chi connectivity index (χ0) is 12.5. The Hall–Kier alpha value is 0.800. The topological polar surface area (TPSA) is 58.5 Å². The van der Waals surface area contributed by atoms with Gasteiger partial charge in [0.05, 0.1) is 0 Å². The van der Waals surface area contributed by atoms with Crippen molar-refractivity contribution in [1.29, 1.82) is 0 Å². The van der Waals surface area contributed by atoms with Gasteiger partial charge in [-0.15, -0.1) is 34.0 Å². The van der Waals surface area contributed by atoms with Crippen molar-refractivity contribution in [3.8, 4) is 0 Å². The SMILES string of the molecule is Br.Br.NC1CN2CCC1CC2.NC1CN2CCC1CC2. The minimum absolute atomic E-state index is 0. The molecule has 20 heavy (non-hydrogen) atoms. The number of hydrogen-bond acceptors (Lipinski definition) is 4. The molecule has 4 bridgehead atoms. The second kappa shape index (κ2) is 8.44. The second-order valence-electron chi connectivity index (χ2n) is 6.60. The zero-order valence-corrected chi connectivity index (χ0v) is 15.7. The summed E-state index contributed by atoms with van der Waals surface area (Å²) in [4.78, 5) is 4.95. The van der Waals surface area contributed by atoms with E-state index in [-0.39, 0.29) is 34.0 Å². The second-order valence-corrected chi connectivity index (χ2v) is 6.60. The van der Waals surface area contributed by atoms with Gasteiger partial charge in [-0.05, 0) is 63.7 Å². The third kappa shape index (κ3) is 4.40. The first-order valence-electron chi connectivity index (χ1n) is 7.68. The Bertz CT molecular complexity index is 248. The van der Waals surface area contributed by atoms with Crippen LogP contribution in [0.15, 0.2) is 0 Å². The van der Waals surface area contributed by atoms with E-state index in [1.165, 1.54) is 51.9 Å². The van der Waals surface area contributed by atoms with Crippen LogP contribution in [0.4, 0.5) is 0 Å². The normalized spacial score (nSPS) is 44.7. The van der Waals surface area contributed by atoms with Crippen molar-refractivity contribution < 1.29 is 0 Å². The fourth-order valence-corrected chi connectivity index (χ4v) is 4.02. The Morgan fingerprint density at radius 2 is 0.900 bits per heavy atom. The number of fused-ring (bicyclic) bond motifs is 6. The lowest BCUT2D eigenvalue weighted by Gasteiger charge is -2.43. The van der Waals surface area contributed by atoms with Crippen LogP contribution in [0.25, 0.3) is 0 Å². The molecule has 2 atom stereocenters. The van der Waals surface area contributed by atoms with Gasteiger partial charge in [-0.3, -0.25) is 0 Å². The molecule has 0 saturated carbocycles. The molecule has 0 aromatic rings. The summed E-state index contributed by atoms with van der Waals surface area (Å²) in [6.45, 7) is 7.53. The van der Waals surface area contributed by atoms with Crippen molar-refractivity contribution in [3.05, 3.63) is 0 Å². The molecule has 4 N–H and O–H groups in total. The maximum Gasteiger partial charge on any atom is 0.0197 e. The van der Waals surface area contributed by atoms with E-state index in [2.05, 4.69) is 9.80 Å². The fraction of sp³-hybridized carbons (Fsp3) is 1.00. The molecule has 6 aliphatic rings. The Morgan fingerprint density at radius 3 is 1.00 bits per heavy atom. The first kappa shape index (κ1) is 18.8. The van der Waals surface area contributed by atoms with Crippen LogP contribution in [0.3, 0.4) is 0 Å². The Labute approximate surface area is 144 Å². The van der Waals surface area contributed by atoms with Gasteiger partial charge >= 0.3 is 0 Å². The fourth-order valence-electron chi connectivity index (χ4n) is 4.02. The van der Waals surface area contributed by atoms with Gasteiger partial charge in [0, 0.05) is 25.2 Å². The van der Waals surface area contributed by atoms with E-state index in [0.717, 1.165) is 24.9 Å². The number of rotatable bonds is 0. The molecule has 6 aliphatic heterocycles. The summed E-state index contributed by atoms with van der Waals surface area (Å²) >= 11 is 0. The third-order valence-electron chi connectivity index (χ3n) is 5.41. The van der Waals surface area contributed by atoms with Gasteiger partial charge in [-0.1, -0.05) is 0 Å². The van der Waals surface area contributed by atoms with Crippen LogP contribution < -0.4 is 11.5 Å². The maximum absolute atomic E-state index is 5.88. The molecular weight excluding hydrogens is 384 g/mol. The quantitative estimate of drug-likeness (QED) is 0.627. The van der Waals surface area contributed by atoms with E-state index >= 15 is 0 Å². The summed E-state index contributed by atoms with van der Waals surface area (Å²) in [6, 6.07) is 0.986. The van der Waals surface area contributed by atoms with Crippen LogP contribution in [0.5, 0.6) is 0 Å². The average molecular weight is 414 g/mol. The predicted molar refractivity (Wildman–Crippen MR) is 94.9 cm³/mol. The zero-order valence-electron chi connectivity index (χ0n) is 12.2. The molecule has 2 unspecified atom stereocenters. The van der Waals surface area contributed by atoms with Crippen molar-refractivity contribution in [1.82, 2.24) is 9.80 Å². The summed E-state index contributed by atoms with van der Waals surface area (Å²) in [5, 5.41) is 0. The number of piperidine rings is 6. The number of nitrogens with zero attached hydrogens (tertiary/aromatic N) is 2. The van der Waals surface area contributed by atoms with Crippen molar-refractivity contribution >= 4 is 34.0 Å². The van der Waals surface area contributed by atoms with Gasteiger partial charge in [0.2, 0.25) is 0 Å². The van der Waals surface area contributed by atoms with Gasteiger partial charge < -0.3 is 21.3 Å². The average Bonchev–Trinajstić information content (AvgIpc) is 2.41. The number of nitrogens with two attached hydrogens (primary N) is 2. The van der Waals surface area contributed by atoms with Crippen LogP contribution in [-0.4, -0.2) is 61.2 Å². The monoisotopic (exact) mass is 412 g/mol. The molecule has 0 amide bonds. The van der Waals surface area contributed by atoms with E-state index < -0.39 is 0 Å². The van der Waals surface area contributed by atoms with Crippen LogP contribution >= 0.6 is 34.0 Å². The smallest absolute Gasteiger partial charge is 0.0197 e. The minimum Gasteiger partial charge on any atom is -0.326 e. The Balaban J connectivity index is 0.000000182. The molecule has 0 radical (unpaired) electrons. The number of halogens is 2. The van der Waals surface area contributed by atoms with E-state index in [1.54, 1.807) is 0 Å². The first-order chi connectivity index (χ1) is 8.72. The van der Waals surface area contributed by atoms with Gasteiger partial charge in [-0.25, -0.2) is 0 Å². The molecule has 0 aromatic carbocycles. The maximum atomic E-state index is 5.88. The van der Waals surface area contributed by atoms with Crippen LogP contribution in [-0.2, 0) is 0 Å². The third-order valence-corrected chi connectivity index (χ3v) is 5.41. The molecule has 0 aliphatic carbocycles. The summed E-state index contributed by atoms with van der Waals surface area (Å²) in [6.07, 6.45) is 5.39. The largest absolute Gasteiger partial charge is 0.326 e. The van der Waals surface area contributed by atoms with Gasteiger partial charge in [0.25, 0.3) is 0 Å². The molecule has 4 nitrogen and oxygen atoms in total. The highest BCUT2D eigenvalue weighted by Gasteiger charge is 2.31. The van der Waals surface area contributed by atoms with Crippen LogP contribution in [0.2, 0.25) is 0 Å². The summed E-state index contributed by atoms with van der Waals surface area (Å²) in [5.41, 5.74) is 11.8. The molecule has 6 fully saturated rings. The van der Waals surface area contributed by atoms with Crippen molar-refractivity contribution in [2.45, 2.75) is 37.8 Å². The molecule has 0 aromatic heterocycles. The van der Waals surface area contributed by atoms with Gasteiger partial charge in [-0.2, -0.15) is 0 Å². The molecule has 6 heteroatoms. The molecular formula is C14H30Br2N4. The van der Waals surface area contributed by atoms with E-state index in [0.29, 0.717) is 12.1 Å². The summed E-state index contributed by atoms with van der Waals surface area (Å²) in [7, 11) is 0. The molecule has 6 saturated heterocycles.